The van der Waals surface area contributed by atoms with Crippen LogP contribution < -0.4 is 15.5 Å². The molecule has 35 heavy (non-hydrogen) atoms. The third-order valence-electron chi connectivity index (χ3n) is 4.98. The zero-order valence-corrected chi connectivity index (χ0v) is 19.6. The summed E-state index contributed by atoms with van der Waals surface area (Å²) in [6.45, 7) is 1.31. The van der Waals surface area contributed by atoms with Crippen LogP contribution in [0.15, 0.2) is 60.7 Å². The lowest BCUT2D eigenvalue weighted by molar-refractivity contribution is -0.124. The van der Waals surface area contributed by atoms with Gasteiger partial charge in [0.15, 0.2) is 11.9 Å². The molecule has 0 heterocycles. The smallest absolute Gasteiger partial charge is 0.412 e. The second-order valence-corrected chi connectivity index (χ2v) is 7.42. The number of rotatable bonds is 13. The number of aliphatic hydroxyl groups is 1. The first-order chi connectivity index (χ1) is 16.9. The summed E-state index contributed by atoms with van der Waals surface area (Å²) in [7, 11) is 1.47. The minimum Gasteiger partial charge on any atom is -0.491 e. The number of methoxy groups -OCH3 is 1. The van der Waals surface area contributed by atoms with E-state index in [-0.39, 0.29) is 19.0 Å². The Balaban J connectivity index is 2.25. The molecule has 2 aromatic carbocycles. The molecule has 0 unspecified atom stereocenters. The Morgan fingerprint density at radius 1 is 1.09 bits per heavy atom. The summed E-state index contributed by atoms with van der Waals surface area (Å²) in [4.78, 5) is 35.4. The van der Waals surface area contributed by atoms with Gasteiger partial charge >= 0.3 is 6.09 Å². The van der Waals surface area contributed by atoms with Gasteiger partial charge in [-0.3, -0.25) is 20.1 Å². The quantitative estimate of drug-likeness (QED) is 0.146. The van der Waals surface area contributed by atoms with E-state index in [9.17, 15) is 14.4 Å². The van der Waals surface area contributed by atoms with Crippen LogP contribution >= 0.6 is 0 Å². The lowest BCUT2D eigenvalue weighted by Crippen LogP contribution is -2.28. The number of allylic oxidation sites excluding steroid dienone is 1. The number of hydrogen-bond acceptors (Lipinski definition) is 8. The van der Waals surface area contributed by atoms with Gasteiger partial charge in [-0.1, -0.05) is 24.3 Å². The van der Waals surface area contributed by atoms with E-state index < -0.39 is 24.2 Å². The summed E-state index contributed by atoms with van der Waals surface area (Å²) in [5, 5.41) is 20.4. The van der Waals surface area contributed by atoms with Crippen molar-refractivity contribution in [3.63, 3.8) is 0 Å². The molecule has 0 aromatic heterocycles. The molecule has 0 saturated carbocycles. The van der Waals surface area contributed by atoms with Crippen LogP contribution in [-0.2, 0) is 14.3 Å². The van der Waals surface area contributed by atoms with Crippen LogP contribution in [-0.4, -0.2) is 54.5 Å². The van der Waals surface area contributed by atoms with Crippen molar-refractivity contribution in [1.29, 1.82) is 0 Å². The number of ketones is 1. The van der Waals surface area contributed by atoms with Crippen molar-refractivity contribution < 1.29 is 38.9 Å². The number of amides is 2. The third-order valence-corrected chi connectivity index (χ3v) is 4.98. The van der Waals surface area contributed by atoms with Crippen molar-refractivity contribution in [2.24, 2.45) is 0 Å². The molecular weight excluding hydrogens is 456 g/mol. The normalized spacial score (nSPS) is 12.6. The molecule has 0 spiro atoms. The minimum atomic E-state index is -0.897. The number of Topliss-reactive ketones (excluding diaryl/α,β-unsaturated/α-hetero) is 1. The van der Waals surface area contributed by atoms with Crippen LogP contribution in [0.2, 0.25) is 0 Å². The fourth-order valence-corrected chi connectivity index (χ4v) is 3.27. The molecular formula is C25H30N2O8. The van der Waals surface area contributed by atoms with Crippen LogP contribution in [0.25, 0.3) is 0 Å². The highest BCUT2D eigenvalue weighted by Crippen LogP contribution is 2.33. The Kier molecular flexibility index (Phi) is 11.4. The molecule has 0 aliphatic heterocycles. The fraction of sp³-hybridized carbons (Fsp3) is 0.320. The van der Waals surface area contributed by atoms with Crippen molar-refractivity contribution in [3.8, 4) is 5.75 Å². The predicted octanol–water partition coefficient (Wildman–Crippen LogP) is 3.41. The predicted molar refractivity (Wildman–Crippen MR) is 127 cm³/mol. The Bertz CT molecular complexity index is 1010. The highest BCUT2D eigenvalue weighted by molar-refractivity contribution is 5.95. The number of nitrogens with one attached hydrogen (secondary N) is 2. The Labute approximate surface area is 203 Å². The van der Waals surface area contributed by atoms with E-state index in [1.54, 1.807) is 54.6 Å². The van der Waals surface area contributed by atoms with E-state index in [0.717, 1.165) is 0 Å². The summed E-state index contributed by atoms with van der Waals surface area (Å²) in [6, 6.07) is 13.3. The highest BCUT2D eigenvalue weighted by Gasteiger charge is 2.29. The Hall–Kier alpha value is -3.73. The number of para-hydroxylation sites is 1. The van der Waals surface area contributed by atoms with Gasteiger partial charge < -0.3 is 19.3 Å². The number of carbonyl (C=O) groups excluding carboxylic acids is 3. The van der Waals surface area contributed by atoms with Gasteiger partial charge in [-0.25, -0.2) is 10.3 Å². The number of anilines is 1. The number of hydrogen-bond donors (Lipinski definition) is 4. The minimum absolute atomic E-state index is 0.0507. The Morgan fingerprint density at radius 3 is 2.43 bits per heavy atom. The topological polar surface area (TPSA) is 143 Å². The molecule has 0 radical (unpaired) electrons. The molecule has 4 N–H and O–H groups in total. The van der Waals surface area contributed by atoms with Crippen LogP contribution in [0.5, 0.6) is 5.75 Å². The van der Waals surface area contributed by atoms with Crippen molar-refractivity contribution in [1.82, 2.24) is 5.48 Å². The number of hydroxylamine groups is 1. The Morgan fingerprint density at radius 2 is 1.80 bits per heavy atom. The summed E-state index contributed by atoms with van der Waals surface area (Å²) in [6.07, 6.45) is 1.22. The molecule has 10 heteroatoms. The number of aliphatic hydroxyl groups excluding tert-OH is 1. The van der Waals surface area contributed by atoms with Crippen LogP contribution in [0, 0.1) is 0 Å². The first-order valence-corrected chi connectivity index (χ1v) is 10.9. The van der Waals surface area contributed by atoms with Crippen molar-refractivity contribution in [3.05, 3.63) is 71.8 Å². The molecule has 0 saturated heterocycles. The maximum absolute atomic E-state index is 12.8. The summed E-state index contributed by atoms with van der Waals surface area (Å²) < 4.78 is 17.0. The SMILES string of the molecule is CO[C@@H](CC/C=C/C(=O)NO)[C@@H](OC(=O)Nc1ccc(C(C)=O)cc1)c1ccccc1OCCO. The lowest BCUT2D eigenvalue weighted by Gasteiger charge is -2.27. The molecule has 2 amide bonds. The zero-order valence-electron chi connectivity index (χ0n) is 19.6. The van der Waals surface area contributed by atoms with E-state index in [2.05, 4.69) is 5.32 Å². The monoisotopic (exact) mass is 486 g/mol. The molecule has 2 aromatic rings. The first kappa shape index (κ1) is 27.5. The van der Waals surface area contributed by atoms with Gasteiger partial charge in [0.25, 0.3) is 5.91 Å². The van der Waals surface area contributed by atoms with E-state index in [1.165, 1.54) is 25.6 Å². The summed E-state index contributed by atoms with van der Waals surface area (Å²) in [5.74, 6) is -0.334. The fourth-order valence-electron chi connectivity index (χ4n) is 3.27. The summed E-state index contributed by atoms with van der Waals surface area (Å²) in [5.41, 5.74) is 3.00. The standard InChI is InChI=1S/C25H30N2O8/c1-17(29)18-11-13-19(14-12-18)26-25(31)35-24(20-7-3-4-8-21(20)34-16-15-28)22(33-2)9-5-6-10-23(30)27-32/h3-4,6-8,10-14,22,24,28,32H,5,9,15-16H2,1-2H3,(H,26,31)(H,27,30)/b10-6+/t22-,24-/m0/s1. The van der Waals surface area contributed by atoms with Crippen molar-refractivity contribution >= 4 is 23.5 Å². The van der Waals surface area contributed by atoms with Crippen LogP contribution in [0.4, 0.5) is 10.5 Å². The highest BCUT2D eigenvalue weighted by atomic mass is 16.6. The largest absolute Gasteiger partial charge is 0.491 e. The molecule has 0 aliphatic carbocycles. The maximum atomic E-state index is 12.8. The van der Waals surface area contributed by atoms with E-state index in [4.69, 9.17) is 24.5 Å². The number of carbonyl (C=O) groups is 3. The van der Waals surface area contributed by atoms with Crippen LogP contribution in [0.3, 0.4) is 0 Å². The van der Waals surface area contributed by atoms with E-state index in [0.29, 0.717) is 35.4 Å². The second-order valence-electron chi connectivity index (χ2n) is 7.42. The number of benzene rings is 2. The van der Waals surface area contributed by atoms with Gasteiger partial charge in [0, 0.05) is 30.0 Å². The molecule has 2 rings (SSSR count). The van der Waals surface area contributed by atoms with Gasteiger partial charge in [-0.05, 0) is 50.1 Å². The molecule has 2 atom stereocenters. The van der Waals surface area contributed by atoms with Gasteiger partial charge in [0.1, 0.15) is 12.4 Å². The number of ether oxygens (including phenoxy) is 3. The van der Waals surface area contributed by atoms with Crippen molar-refractivity contribution in [2.75, 3.05) is 25.6 Å². The molecule has 188 valence electrons. The third kappa shape index (κ3) is 8.85. The molecule has 0 bridgehead atoms. The van der Waals surface area contributed by atoms with Gasteiger partial charge in [-0.15, -0.1) is 0 Å². The van der Waals surface area contributed by atoms with E-state index in [1.807, 2.05) is 0 Å². The maximum Gasteiger partial charge on any atom is 0.412 e. The molecule has 0 fully saturated rings. The summed E-state index contributed by atoms with van der Waals surface area (Å²) >= 11 is 0. The van der Waals surface area contributed by atoms with Crippen molar-refractivity contribution in [2.45, 2.75) is 32.0 Å². The second kappa shape index (κ2) is 14.5. The lowest BCUT2D eigenvalue weighted by atomic mass is 9.99. The van der Waals surface area contributed by atoms with Gasteiger partial charge in [-0.2, -0.15) is 0 Å². The molecule has 10 nitrogen and oxygen atoms in total. The van der Waals surface area contributed by atoms with Crippen LogP contribution in [0.1, 0.15) is 41.8 Å². The average molecular weight is 487 g/mol. The molecule has 0 aliphatic rings. The van der Waals surface area contributed by atoms with Gasteiger partial charge in [0.2, 0.25) is 0 Å². The average Bonchev–Trinajstić information content (AvgIpc) is 2.86. The zero-order chi connectivity index (χ0) is 25.6. The first-order valence-electron chi connectivity index (χ1n) is 10.9. The van der Waals surface area contributed by atoms with E-state index >= 15 is 0 Å². The van der Waals surface area contributed by atoms with Gasteiger partial charge in [0.05, 0.1) is 12.7 Å².